The van der Waals surface area contributed by atoms with Crippen molar-refractivity contribution in [1.82, 2.24) is 9.97 Å². The zero-order valence-corrected chi connectivity index (χ0v) is 16.2. The van der Waals surface area contributed by atoms with Gasteiger partial charge in [-0.15, -0.1) is 0 Å². The number of rotatable bonds is 4. The Balaban J connectivity index is 2.06. The summed E-state index contributed by atoms with van der Waals surface area (Å²) in [6, 6.07) is 7.51. The fraction of sp³-hybridized carbons (Fsp3) is 0.250. The number of carbonyl (C=O) groups excluding carboxylic acids is 1. The van der Waals surface area contributed by atoms with Gasteiger partial charge in [-0.3, -0.25) is 4.79 Å². The van der Waals surface area contributed by atoms with Gasteiger partial charge in [0.1, 0.15) is 5.82 Å². The summed E-state index contributed by atoms with van der Waals surface area (Å²) >= 11 is 6.00. The van der Waals surface area contributed by atoms with Gasteiger partial charge in [-0.2, -0.15) is 0 Å². The van der Waals surface area contributed by atoms with Crippen molar-refractivity contribution in [1.29, 1.82) is 0 Å². The van der Waals surface area contributed by atoms with Crippen LogP contribution in [0.4, 0.5) is 10.1 Å². The Bertz CT molecular complexity index is 1040. The number of benzene rings is 2. The summed E-state index contributed by atoms with van der Waals surface area (Å²) in [5.41, 5.74) is 3.67. The summed E-state index contributed by atoms with van der Waals surface area (Å²) in [6.45, 7) is 7.62. The van der Waals surface area contributed by atoms with Gasteiger partial charge in [0, 0.05) is 0 Å². The highest BCUT2D eigenvalue weighted by atomic mass is 35.5. The molecule has 0 fully saturated rings. The van der Waals surface area contributed by atoms with E-state index in [1.807, 2.05) is 39.8 Å². The van der Waals surface area contributed by atoms with Crippen molar-refractivity contribution in [2.45, 2.75) is 33.8 Å². The van der Waals surface area contributed by atoms with Gasteiger partial charge in [0.15, 0.2) is 5.69 Å². The Kier molecular flexibility index (Phi) is 5.28. The van der Waals surface area contributed by atoms with Crippen LogP contribution in [0.1, 0.15) is 35.5 Å². The lowest BCUT2D eigenvalue weighted by Crippen LogP contribution is -2.19. The van der Waals surface area contributed by atoms with E-state index in [1.54, 1.807) is 0 Å². The monoisotopic (exact) mass is 387 g/mol. The maximum atomic E-state index is 13.2. The van der Waals surface area contributed by atoms with Gasteiger partial charge < -0.3 is 10.1 Å². The second kappa shape index (κ2) is 7.48. The molecular weight excluding hydrogens is 369 g/mol. The van der Waals surface area contributed by atoms with E-state index >= 15 is 0 Å². The van der Waals surface area contributed by atoms with E-state index in [0.717, 1.165) is 17.2 Å². The lowest BCUT2D eigenvalue weighted by atomic mass is 10.1. The number of halogens is 2. The van der Waals surface area contributed by atoms with E-state index in [-0.39, 0.29) is 28.4 Å². The molecule has 0 saturated carbocycles. The average Bonchev–Trinajstić information content (AvgIpc) is 2.57. The van der Waals surface area contributed by atoms with Crippen molar-refractivity contribution in [3.8, 4) is 5.88 Å². The van der Waals surface area contributed by atoms with Gasteiger partial charge in [-0.1, -0.05) is 11.6 Å². The molecular formula is C20H19ClFN3O2. The van der Waals surface area contributed by atoms with Crippen LogP contribution < -0.4 is 10.1 Å². The minimum Gasteiger partial charge on any atom is -0.473 e. The molecule has 1 amide bonds. The Morgan fingerprint density at radius 2 is 1.74 bits per heavy atom. The van der Waals surface area contributed by atoms with Gasteiger partial charge in [0.05, 0.1) is 27.8 Å². The fourth-order valence-electron chi connectivity index (χ4n) is 2.52. The van der Waals surface area contributed by atoms with Crippen molar-refractivity contribution in [2.24, 2.45) is 0 Å². The van der Waals surface area contributed by atoms with E-state index in [9.17, 15) is 9.18 Å². The summed E-state index contributed by atoms with van der Waals surface area (Å²) in [6.07, 6.45) is -0.191. The van der Waals surface area contributed by atoms with Crippen molar-refractivity contribution in [3.05, 3.63) is 58.0 Å². The van der Waals surface area contributed by atoms with E-state index < -0.39 is 11.7 Å². The third-order valence-corrected chi connectivity index (χ3v) is 4.30. The quantitative estimate of drug-likeness (QED) is 0.678. The fourth-order valence-corrected chi connectivity index (χ4v) is 2.74. The highest BCUT2D eigenvalue weighted by Gasteiger charge is 2.20. The van der Waals surface area contributed by atoms with E-state index in [1.165, 1.54) is 12.1 Å². The molecule has 3 aromatic rings. The standard InChI is InChI=1S/C20H19ClFN3O2/c1-10(2)27-20-18(19(26)24-15-6-5-13(22)9-14(15)21)23-16-7-11(3)12(4)8-17(16)25-20/h5-10H,1-4H3,(H,24,26). The highest BCUT2D eigenvalue weighted by Crippen LogP contribution is 2.26. The molecule has 0 atom stereocenters. The van der Waals surface area contributed by atoms with Crippen molar-refractivity contribution in [2.75, 3.05) is 5.32 Å². The van der Waals surface area contributed by atoms with E-state index in [4.69, 9.17) is 16.3 Å². The van der Waals surface area contributed by atoms with Crippen LogP contribution in [0, 0.1) is 19.7 Å². The number of aryl methyl sites for hydroxylation is 2. The maximum Gasteiger partial charge on any atom is 0.279 e. The molecule has 0 bridgehead atoms. The predicted molar refractivity (Wildman–Crippen MR) is 104 cm³/mol. The van der Waals surface area contributed by atoms with Crippen LogP contribution in [0.15, 0.2) is 30.3 Å². The second-order valence-corrected chi connectivity index (χ2v) is 6.95. The second-order valence-electron chi connectivity index (χ2n) is 6.55. The van der Waals surface area contributed by atoms with E-state index in [0.29, 0.717) is 11.0 Å². The number of anilines is 1. The molecule has 0 aliphatic rings. The zero-order chi connectivity index (χ0) is 19.7. The summed E-state index contributed by atoms with van der Waals surface area (Å²) in [7, 11) is 0. The molecule has 2 aromatic carbocycles. The molecule has 140 valence electrons. The van der Waals surface area contributed by atoms with Crippen molar-refractivity contribution < 1.29 is 13.9 Å². The molecule has 0 spiro atoms. The minimum absolute atomic E-state index is 0.0415. The molecule has 3 rings (SSSR count). The normalized spacial score (nSPS) is 11.1. The Labute approximate surface area is 161 Å². The van der Waals surface area contributed by atoms with Gasteiger partial charge in [-0.05, 0) is 69.2 Å². The van der Waals surface area contributed by atoms with Crippen LogP contribution in [-0.4, -0.2) is 22.0 Å². The summed E-state index contributed by atoms with van der Waals surface area (Å²) < 4.78 is 18.9. The van der Waals surface area contributed by atoms with Gasteiger partial charge in [0.25, 0.3) is 5.91 Å². The van der Waals surface area contributed by atoms with Crippen LogP contribution in [-0.2, 0) is 0 Å². The number of amides is 1. The summed E-state index contributed by atoms with van der Waals surface area (Å²) in [5, 5.41) is 2.73. The van der Waals surface area contributed by atoms with Gasteiger partial charge >= 0.3 is 0 Å². The van der Waals surface area contributed by atoms with Crippen molar-refractivity contribution >= 4 is 34.2 Å². The molecule has 0 aliphatic carbocycles. The molecule has 0 radical (unpaired) electrons. The van der Waals surface area contributed by atoms with Crippen LogP contribution in [0.25, 0.3) is 11.0 Å². The SMILES string of the molecule is Cc1cc2nc(OC(C)C)c(C(=O)Nc3ccc(F)cc3Cl)nc2cc1C. The first-order valence-corrected chi connectivity index (χ1v) is 8.84. The first-order chi connectivity index (χ1) is 12.7. The number of hydrogen-bond acceptors (Lipinski definition) is 4. The number of aromatic nitrogens is 2. The molecule has 7 heteroatoms. The zero-order valence-electron chi connectivity index (χ0n) is 15.4. The topological polar surface area (TPSA) is 64.1 Å². The van der Waals surface area contributed by atoms with Crippen molar-refractivity contribution in [3.63, 3.8) is 0 Å². The minimum atomic E-state index is -0.535. The molecule has 1 heterocycles. The van der Waals surface area contributed by atoms with Gasteiger partial charge in [-0.25, -0.2) is 14.4 Å². The van der Waals surface area contributed by atoms with Crippen LogP contribution in [0.5, 0.6) is 5.88 Å². The summed E-state index contributed by atoms with van der Waals surface area (Å²) in [5.74, 6) is -0.888. The predicted octanol–water partition coefficient (Wildman–Crippen LogP) is 5.08. The molecule has 5 nitrogen and oxygen atoms in total. The number of carbonyl (C=O) groups is 1. The van der Waals surface area contributed by atoms with Crippen LogP contribution in [0.3, 0.4) is 0 Å². The Morgan fingerprint density at radius 1 is 1.11 bits per heavy atom. The molecule has 27 heavy (non-hydrogen) atoms. The number of hydrogen-bond donors (Lipinski definition) is 1. The highest BCUT2D eigenvalue weighted by molar-refractivity contribution is 6.33. The van der Waals surface area contributed by atoms with Crippen LogP contribution >= 0.6 is 11.6 Å². The molecule has 0 unspecified atom stereocenters. The smallest absolute Gasteiger partial charge is 0.279 e. The largest absolute Gasteiger partial charge is 0.473 e. The third-order valence-electron chi connectivity index (χ3n) is 3.99. The molecule has 1 N–H and O–H groups in total. The summed E-state index contributed by atoms with van der Waals surface area (Å²) in [4.78, 5) is 21.7. The first kappa shape index (κ1) is 19.0. The van der Waals surface area contributed by atoms with Crippen LogP contribution in [0.2, 0.25) is 5.02 Å². The lowest BCUT2D eigenvalue weighted by Gasteiger charge is -2.14. The number of nitrogens with zero attached hydrogens (tertiary/aromatic N) is 2. The Morgan fingerprint density at radius 3 is 2.33 bits per heavy atom. The van der Waals surface area contributed by atoms with E-state index in [2.05, 4.69) is 15.3 Å². The maximum absolute atomic E-state index is 13.2. The number of ether oxygens (including phenoxy) is 1. The first-order valence-electron chi connectivity index (χ1n) is 8.46. The Hall–Kier alpha value is -2.73. The lowest BCUT2D eigenvalue weighted by molar-refractivity contribution is 0.101. The third kappa shape index (κ3) is 4.17. The average molecular weight is 388 g/mol. The number of fused-ring (bicyclic) bond motifs is 1. The molecule has 0 aliphatic heterocycles. The van der Waals surface area contributed by atoms with Gasteiger partial charge in [0.2, 0.25) is 5.88 Å². The molecule has 0 saturated heterocycles. The number of nitrogens with one attached hydrogen (secondary N) is 1. The molecule has 1 aromatic heterocycles.